The van der Waals surface area contributed by atoms with Crippen molar-refractivity contribution in [3.05, 3.63) is 29.3 Å². The maximum atomic E-state index is 12.1. The van der Waals surface area contributed by atoms with Gasteiger partial charge in [0, 0.05) is 29.8 Å². The monoisotopic (exact) mass is 343 g/mol. The molecule has 1 aromatic rings. The first-order chi connectivity index (χ1) is 9.42. The molecule has 0 N–H and O–H groups in total. The number of hydrogen-bond acceptors (Lipinski definition) is 3. The number of rotatable bonds is 4. The highest BCUT2D eigenvalue weighted by Gasteiger charge is 2.28. The summed E-state index contributed by atoms with van der Waals surface area (Å²) in [6.45, 7) is 0.982. The van der Waals surface area contributed by atoms with Gasteiger partial charge in [-0.25, -0.2) is 8.42 Å². The summed E-state index contributed by atoms with van der Waals surface area (Å²) >= 11 is 0. The predicted molar refractivity (Wildman–Crippen MR) is 71.9 cm³/mol. The third-order valence-electron chi connectivity index (χ3n) is 2.78. The summed E-state index contributed by atoms with van der Waals surface area (Å²) in [6, 6.07) is 3.78. The number of halogens is 4. The van der Waals surface area contributed by atoms with Crippen molar-refractivity contribution in [2.75, 3.05) is 13.6 Å². The van der Waals surface area contributed by atoms with Crippen LogP contribution < -0.4 is 0 Å². The third kappa shape index (κ3) is 5.20. The Hall–Kier alpha value is -1.28. The molecule has 0 spiro atoms. The quantitative estimate of drug-likeness (QED) is 0.790. The van der Waals surface area contributed by atoms with Gasteiger partial charge in [-0.15, -0.1) is 0 Å². The van der Waals surface area contributed by atoms with Gasteiger partial charge in [-0.2, -0.15) is 13.2 Å². The molecule has 0 bridgehead atoms. The average molecular weight is 344 g/mol. The molecular formula is C12H13ClF3NO3S. The molecule has 0 aliphatic heterocycles. The van der Waals surface area contributed by atoms with E-state index >= 15 is 0 Å². The second-order valence-corrected chi connectivity index (χ2v) is 7.04. The summed E-state index contributed by atoms with van der Waals surface area (Å²) in [5, 5.41) is 0. The SMILES string of the molecule is Cc1ccc(C(=O)N(C)CCC(F)(F)F)cc1S(=O)(=O)Cl. The summed E-state index contributed by atoms with van der Waals surface area (Å²) in [6.07, 6.45) is -5.51. The number of alkyl halides is 3. The molecule has 0 atom stereocenters. The number of amides is 1. The van der Waals surface area contributed by atoms with E-state index in [1.165, 1.54) is 26.1 Å². The molecule has 118 valence electrons. The number of hydrogen-bond donors (Lipinski definition) is 0. The molecule has 0 aromatic heterocycles. The van der Waals surface area contributed by atoms with Crippen molar-refractivity contribution in [1.82, 2.24) is 4.90 Å². The molecule has 1 aromatic carbocycles. The summed E-state index contributed by atoms with van der Waals surface area (Å²) in [4.78, 5) is 12.6. The van der Waals surface area contributed by atoms with E-state index in [4.69, 9.17) is 10.7 Å². The average Bonchev–Trinajstić information content (AvgIpc) is 2.33. The van der Waals surface area contributed by atoms with Crippen LogP contribution in [0.5, 0.6) is 0 Å². The van der Waals surface area contributed by atoms with Crippen molar-refractivity contribution in [2.45, 2.75) is 24.4 Å². The summed E-state index contributed by atoms with van der Waals surface area (Å²) in [5.41, 5.74) is 0.309. The fraction of sp³-hybridized carbons (Fsp3) is 0.417. The van der Waals surface area contributed by atoms with E-state index in [-0.39, 0.29) is 10.5 Å². The molecule has 0 aliphatic carbocycles. The minimum atomic E-state index is -4.37. The van der Waals surface area contributed by atoms with Crippen LogP contribution in [0, 0.1) is 6.92 Å². The third-order valence-corrected chi connectivity index (χ3v) is 4.24. The summed E-state index contributed by atoms with van der Waals surface area (Å²) in [7, 11) is 2.42. The lowest BCUT2D eigenvalue weighted by atomic mass is 10.1. The van der Waals surface area contributed by atoms with Gasteiger partial charge < -0.3 is 4.90 Å². The number of benzene rings is 1. The first kappa shape index (κ1) is 17.8. The molecule has 0 heterocycles. The van der Waals surface area contributed by atoms with Crippen LogP contribution >= 0.6 is 10.7 Å². The number of carbonyl (C=O) groups excluding carboxylic acids is 1. The van der Waals surface area contributed by atoms with Crippen molar-refractivity contribution < 1.29 is 26.4 Å². The lowest BCUT2D eigenvalue weighted by Crippen LogP contribution is -2.30. The highest BCUT2D eigenvalue weighted by molar-refractivity contribution is 8.13. The molecule has 0 saturated heterocycles. The predicted octanol–water partition coefficient (Wildman–Crippen LogP) is 2.95. The van der Waals surface area contributed by atoms with Crippen LogP contribution in [-0.2, 0) is 9.05 Å². The van der Waals surface area contributed by atoms with E-state index in [0.29, 0.717) is 5.56 Å². The van der Waals surface area contributed by atoms with Crippen molar-refractivity contribution in [3.8, 4) is 0 Å². The maximum absolute atomic E-state index is 12.1. The van der Waals surface area contributed by atoms with Crippen LogP contribution in [0.15, 0.2) is 23.1 Å². The maximum Gasteiger partial charge on any atom is 0.390 e. The van der Waals surface area contributed by atoms with Crippen LogP contribution in [0.25, 0.3) is 0 Å². The lowest BCUT2D eigenvalue weighted by Gasteiger charge is -2.18. The Labute approximate surface area is 124 Å². The zero-order valence-electron chi connectivity index (χ0n) is 11.2. The van der Waals surface area contributed by atoms with Gasteiger partial charge in [-0.1, -0.05) is 6.07 Å². The van der Waals surface area contributed by atoms with E-state index in [1.807, 2.05) is 0 Å². The molecule has 0 unspecified atom stereocenters. The molecular weight excluding hydrogens is 331 g/mol. The Morgan fingerprint density at radius 1 is 1.33 bits per heavy atom. The van der Waals surface area contributed by atoms with E-state index < -0.39 is 34.1 Å². The van der Waals surface area contributed by atoms with Gasteiger partial charge in [0.25, 0.3) is 15.0 Å². The standard InChI is InChI=1S/C12H13ClF3NO3S/c1-8-3-4-9(7-10(8)21(13,19)20)11(18)17(2)6-5-12(14,15)16/h3-4,7H,5-6H2,1-2H3. The topological polar surface area (TPSA) is 54.5 Å². The Bertz CT molecular complexity index is 644. The first-order valence-electron chi connectivity index (χ1n) is 5.79. The van der Waals surface area contributed by atoms with Crippen LogP contribution in [0.3, 0.4) is 0 Å². The van der Waals surface area contributed by atoms with E-state index in [9.17, 15) is 26.4 Å². The van der Waals surface area contributed by atoms with Gasteiger partial charge in [-0.3, -0.25) is 4.79 Å². The zero-order valence-corrected chi connectivity index (χ0v) is 12.8. The molecule has 1 rings (SSSR count). The normalized spacial score (nSPS) is 12.3. The smallest absolute Gasteiger partial charge is 0.341 e. The largest absolute Gasteiger partial charge is 0.390 e. The number of carbonyl (C=O) groups is 1. The van der Waals surface area contributed by atoms with Gasteiger partial charge in [0.2, 0.25) is 0 Å². The lowest BCUT2D eigenvalue weighted by molar-refractivity contribution is -0.136. The Morgan fingerprint density at radius 2 is 1.90 bits per heavy atom. The van der Waals surface area contributed by atoms with E-state index in [2.05, 4.69) is 0 Å². The van der Waals surface area contributed by atoms with Gasteiger partial charge in [-0.05, 0) is 24.6 Å². The minimum absolute atomic E-state index is 0.0375. The fourth-order valence-electron chi connectivity index (χ4n) is 1.61. The minimum Gasteiger partial charge on any atom is -0.341 e. The Balaban J connectivity index is 2.98. The summed E-state index contributed by atoms with van der Waals surface area (Å²) < 4.78 is 59.1. The highest BCUT2D eigenvalue weighted by Crippen LogP contribution is 2.23. The molecule has 21 heavy (non-hydrogen) atoms. The van der Waals surface area contributed by atoms with Crippen LogP contribution in [0.4, 0.5) is 13.2 Å². The van der Waals surface area contributed by atoms with Crippen molar-refractivity contribution in [1.29, 1.82) is 0 Å². The van der Waals surface area contributed by atoms with E-state index in [0.717, 1.165) is 11.0 Å². The van der Waals surface area contributed by atoms with Crippen LogP contribution in [-0.4, -0.2) is 39.0 Å². The summed E-state index contributed by atoms with van der Waals surface area (Å²) in [5.74, 6) is -0.708. The van der Waals surface area contributed by atoms with Gasteiger partial charge >= 0.3 is 6.18 Å². The molecule has 4 nitrogen and oxygen atoms in total. The molecule has 9 heteroatoms. The molecule has 0 saturated carbocycles. The molecule has 0 aliphatic rings. The van der Waals surface area contributed by atoms with Crippen LogP contribution in [0.1, 0.15) is 22.3 Å². The fourth-order valence-corrected chi connectivity index (χ4v) is 2.83. The Morgan fingerprint density at radius 3 is 2.38 bits per heavy atom. The first-order valence-corrected chi connectivity index (χ1v) is 8.10. The van der Waals surface area contributed by atoms with Gasteiger partial charge in [0.1, 0.15) is 0 Å². The highest BCUT2D eigenvalue weighted by atomic mass is 35.7. The zero-order chi connectivity index (χ0) is 16.4. The van der Waals surface area contributed by atoms with Crippen molar-refractivity contribution in [2.24, 2.45) is 0 Å². The molecule has 0 fully saturated rings. The molecule has 1 amide bonds. The van der Waals surface area contributed by atoms with Crippen molar-refractivity contribution >= 4 is 25.6 Å². The second-order valence-electron chi connectivity index (χ2n) is 4.51. The van der Waals surface area contributed by atoms with Gasteiger partial charge in [0.05, 0.1) is 11.3 Å². The number of nitrogens with zero attached hydrogens (tertiary/aromatic N) is 1. The second kappa shape index (κ2) is 6.23. The Kier molecular flexibility index (Phi) is 5.27. The van der Waals surface area contributed by atoms with E-state index in [1.54, 1.807) is 0 Å². The number of aryl methyl sites for hydroxylation is 1. The van der Waals surface area contributed by atoms with Gasteiger partial charge in [0.15, 0.2) is 0 Å². The molecule has 0 radical (unpaired) electrons. The van der Waals surface area contributed by atoms with Crippen LogP contribution in [0.2, 0.25) is 0 Å². The van der Waals surface area contributed by atoms with Crippen molar-refractivity contribution in [3.63, 3.8) is 0 Å².